The Morgan fingerprint density at radius 3 is 2.67 bits per heavy atom. The maximum absolute atomic E-state index is 13.1. The van der Waals surface area contributed by atoms with Crippen LogP contribution in [-0.2, 0) is 14.4 Å². The van der Waals surface area contributed by atoms with Gasteiger partial charge in [0.25, 0.3) is 11.8 Å². The van der Waals surface area contributed by atoms with Crippen molar-refractivity contribution in [2.24, 2.45) is 5.73 Å². The number of hydrogen-bond donors (Lipinski definition) is 6. The summed E-state index contributed by atoms with van der Waals surface area (Å²) >= 11 is 0. The highest BCUT2D eigenvalue weighted by Gasteiger charge is 2.26. The Balaban J connectivity index is 1.84. The number of rotatable bonds is 9. The number of unbranched alkanes of at least 4 members (excludes halogenated alkanes) is 1. The predicted molar refractivity (Wildman–Crippen MR) is 143 cm³/mol. The molecule has 0 spiro atoms. The minimum absolute atomic E-state index is 0.0124. The van der Waals surface area contributed by atoms with Gasteiger partial charge in [0.05, 0.1) is 17.8 Å². The zero-order valence-electron chi connectivity index (χ0n) is 21.9. The molecule has 3 rings (SSSR count). The number of ether oxygens (including phenoxy) is 1. The molecule has 1 aliphatic rings. The molecule has 40 heavy (non-hydrogen) atoms. The van der Waals surface area contributed by atoms with Gasteiger partial charge in [0.1, 0.15) is 24.1 Å². The number of carboxylic acids is 1. The van der Waals surface area contributed by atoms with Gasteiger partial charge in [-0.1, -0.05) is 6.42 Å². The van der Waals surface area contributed by atoms with E-state index >= 15 is 0 Å². The lowest BCUT2D eigenvalue weighted by atomic mass is 10.1. The van der Waals surface area contributed by atoms with E-state index in [1.165, 1.54) is 30.7 Å². The highest BCUT2D eigenvalue weighted by Crippen LogP contribution is 2.24. The highest BCUT2D eigenvalue weighted by atomic mass is 16.5. The van der Waals surface area contributed by atoms with E-state index in [1.807, 2.05) is 0 Å². The van der Waals surface area contributed by atoms with E-state index in [0.717, 1.165) is 0 Å². The lowest BCUT2D eigenvalue weighted by molar-refractivity contribution is -0.138. The minimum atomic E-state index is -1.10. The number of hydrogen-bond acceptors (Lipinski definition) is 9. The molecular formula is C26H33N7O7. The van der Waals surface area contributed by atoms with E-state index in [-0.39, 0.29) is 49.4 Å². The van der Waals surface area contributed by atoms with Gasteiger partial charge in [-0.3, -0.25) is 29.0 Å². The van der Waals surface area contributed by atoms with Crippen molar-refractivity contribution in [2.75, 3.05) is 25.0 Å². The Hall–Kier alpha value is -4.59. The van der Waals surface area contributed by atoms with Crippen molar-refractivity contribution >= 4 is 35.3 Å². The van der Waals surface area contributed by atoms with Gasteiger partial charge in [0.15, 0.2) is 0 Å². The summed E-state index contributed by atoms with van der Waals surface area (Å²) in [6.07, 6.45) is 5.45. The molecule has 1 aliphatic heterocycles. The predicted octanol–water partition coefficient (Wildman–Crippen LogP) is 0.205. The molecule has 1 aromatic heterocycles. The van der Waals surface area contributed by atoms with Crippen molar-refractivity contribution in [2.45, 2.75) is 50.6 Å². The second-order valence-corrected chi connectivity index (χ2v) is 9.12. The Kier molecular flexibility index (Phi) is 11.3. The van der Waals surface area contributed by atoms with Gasteiger partial charge in [-0.25, -0.2) is 4.98 Å². The van der Waals surface area contributed by atoms with Crippen LogP contribution in [0.1, 0.15) is 59.4 Å². The fourth-order valence-corrected chi connectivity index (χ4v) is 3.93. The van der Waals surface area contributed by atoms with Crippen LogP contribution in [0, 0.1) is 0 Å². The van der Waals surface area contributed by atoms with E-state index in [0.29, 0.717) is 31.5 Å². The molecule has 14 nitrogen and oxygen atoms in total. The first-order chi connectivity index (χ1) is 19.3. The normalized spacial score (nSPS) is 18.2. The van der Waals surface area contributed by atoms with Crippen LogP contribution in [0.25, 0.3) is 0 Å². The highest BCUT2D eigenvalue weighted by molar-refractivity contribution is 6.04. The van der Waals surface area contributed by atoms with E-state index < -0.39 is 41.7 Å². The van der Waals surface area contributed by atoms with Gasteiger partial charge in [-0.2, -0.15) is 0 Å². The van der Waals surface area contributed by atoms with Crippen molar-refractivity contribution in [3.63, 3.8) is 0 Å². The van der Waals surface area contributed by atoms with Gasteiger partial charge >= 0.3 is 5.97 Å². The SMILES string of the molecule is NCCCCC1COc2ccc(NC(=O)c3cnccn3)cc2C(=O)NCCC(=O)N[C@@H](CCC(=O)O)C(=O)N1. The number of anilines is 1. The molecule has 14 heteroatoms. The second-order valence-electron chi connectivity index (χ2n) is 9.12. The van der Waals surface area contributed by atoms with Gasteiger partial charge < -0.3 is 36.8 Å². The summed E-state index contributed by atoms with van der Waals surface area (Å²) in [5.74, 6) is -3.01. The topological polar surface area (TPSA) is 215 Å². The summed E-state index contributed by atoms with van der Waals surface area (Å²) in [6.45, 7) is 0.391. The molecule has 2 atom stereocenters. The number of carboxylic acid groups (broad SMARTS) is 1. The number of amides is 4. The Morgan fingerprint density at radius 1 is 1.12 bits per heavy atom. The fourth-order valence-electron chi connectivity index (χ4n) is 3.93. The van der Waals surface area contributed by atoms with Crippen LogP contribution in [0.2, 0.25) is 0 Å². The molecule has 0 bridgehead atoms. The van der Waals surface area contributed by atoms with Crippen LogP contribution in [-0.4, -0.2) is 76.5 Å². The van der Waals surface area contributed by atoms with E-state index in [1.54, 1.807) is 6.07 Å². The minimum Gasteiger partial charge on any atom is -0.491 e. The quantitative estimate of drug-likeness (QED) is 0.231. The number of nitrogens with zero attached hydrogens (tertiary/aromatic N) is 2. The Morgan fingerprint density at radius 2 is 1.95 bits per heavy atom. The molecule has 0 radical (unpaired) electrons. The summed E-state index contributed by atoms with van der Waals surface area (Å²) in [6, 6.07) is 2.94. The van der Waals surface area contributed by atoms with Gasteiger partial charge in [0, 0.05) is 37.5 Å². The van der Waals surface area contributed by atoms with Crippen molar-refractivity contribution in [1.82, 2.24) is 25.9 Å². The maximum Gasteiger partial charge on any atom is 0.303 e. The van der Waals surface area contributed by atoms with Crippen molar-refractivity contribution in [3.05, 3.63) is 48.0 Å². The molecule has 7 N–H and O–H groups in total. The molecule has 0 saturated heterocycles. The van der Waals surface area contributed by atoms with Crippen LogP contribution in [0.4, 0.5) is 5.69 Å². The summed E-state index contributed by atoms with van der Waals surface area (Å²) < 4.78 is 5.97. The number of carbonyl (C=O) groups is 5. The molecule has 214 valence electrons. The third kappa shape index (κ3) is 9.31. The zero-order chi connectivity index (χ0) is 28.9. The summed E-state index contributed by atoms with van der Waals surface area (Å²) in [4.78, 5) is 70.0. The van der Waals surface area contributed by atoms with Crippen LogP contribution < -0.4 is 31.7 Å². The largest absolute Gasteiger partial charge is 0.491 e. The van der Waals surface area contributed by atoms with Gasteiger partial charge in [0.2, 0.25) is 11.8 Å². The summed E-state index contributed by atoms with van der Waals surface area (Å²) in [5.41, 5.74) is 6.12. The first-order valence-corrected chi connectivity index (χ1v) is 12.9. The molecule has 0 aliphatic carbocycles. The van der Waals surface area contributed by atoms with E-state index in [4.69, 9.17) is 15.6 Å². The standard InChI is InChI=1S/C26H33N7O7/c27-9-2-1-3-17-15-40-21-6-4-16(31-26(39)20-14-28-11-12-29-20)13-18(21)24(37)30-10-8-22(34)33-19(25(38)32-17)5-7-23(35)36/h4,6,11-14,17,19H,1-3,5,7-10,15,27H2,(H,30,37)(H,31,39)(H,32,38)(H,33,34)(H,35,36)/t17?,19-/m0/s1. The average Bonchev–Trinajstić information content (AvgIpc) is 2.94. The maximum atomic E-state index is 13.1. The third-order valence-electron chi connectivity index (χ3n) is 6.01. The van der Waals surface area contributed by atoms with Crippen molar-refractivity contribution in [1.29, 1.82) is 0 Å². The van der Waals surface area contributed by atoms with Crippen LogP contribution in [0.3, 0.4) is 0 Å². The molecular weight excluding hydrogens is 522 g/mol. The average molecular weight is 556 g/mol. The number of aliphatic carboxylic acids is 1. The first-order valence-electron chi connectivity index (χ1n) is 12.9. The number of nitrogens with one attached hydrogen (secondary N) is 4. The van der Waals surface area contributed by atoms with Crippen LogP contribution in [0.5, 0.6) is 5.75 Å². The fraction of sp³-hybridized carbons (Fsp3) is 0.423. The molecule has 1 aromatic carbocycles. The number of benzene rings is 1. The summed E-state index contributed by atoms with van der Waals surface area (Å²) in [5, 5.41) is 19.8. The number of fused-ring (bicyclic) bond motifs is 1. The first kappa shape index (κ1) is 30.0. The second kappa shape index (κ2) is 15.1. The lowest BCUT2D eigenvalue weighted by Gasteiger charge is -2.25. The van der Waals surface area contributed by atoms with E-state index in [9.17, 15) is 24.0 Å². The summed E-state index contributed by atoms with van der Waals surface area (Å²) in [7, 11) is 0. The lowest BCUT2D eigenvalue weighted by Crippen LogP contribution is -2.51. The smallest absolute Gasteiger partial charge is 0.303 e. The molecule has 2 heterocycles. The van der Waals surface area contributed by atoms with Crippen LogP contribution in [0.15, 0.2) is 36.8 Å². The zero-order valence-corrected chi connectivity index (χ0v) is 21.9. The number of aromatic nitrogens is 2. The molecule has 0 saturated carbocycles. The molecule has 2 aromatic rings. The molecule has 0 fully saturated rings. The van der Waals surface area contributed by atoms with Crippen molar-refractivity contribution < 1.29 is 33.8 Å². The monoisotopic (exact) mass is 555 g/mol. The van der Waals surface area contributed by atoms with Gasteiger partial charge in [-0.05, 0) is 44.0 Å². The van der Waals surface area contributed by atoms with Crippen molar-refractivity contribution in [3.8, 4) is 5.75 Å². The van der Waals surface area contributed by atoms with E-state index in [2.05, 4.69) is 31.2 Å². The van der Waals surface area contributed by atoms with Crippen LogP contribution >= 0.6 is 0 Å². The number of nitrogens with two attached hydrogens (primary N) is 1. The molecule has 4 amide bonds. The third-order valence-corrected chi connectivity index (χ3v) is 6.01. The number of carbonyl (C=O) groups excluding carboxylic acids is 4. The Bertz CT molecular complexity index is 1210. The molecule has 1 unspecified atom stereocenters. The van der Waals surface area contributed by atoms with Gasteiger partial charge in [-0.15, -0.1) is 0 Å². The Labute approximate surface area is 230 Å².